The van der Waals surface area contributed by atoms with Crippen LogP contribution in [0.4, 0.5) is 10.2 Å². The lowest BCUT2D eigenvalue weighted by molar-refractivity contribution is -0.120. The minimum Gasteiger partial charge on any atom is -0.378 e. The van der Waals surface area contributed by atoms with Gasteiger partial charge in [-0.2, -0.15) is 0 Å². The summed E-state index contributed by atoms with van der Waals surface area (Å²) < 4.78 is 25.6. The van der Waals surface area contributed by atoms with E-state index in [0.717, 1.165) is 73.2 Å². The normalized spacial score (nSPS) is 34.7. The molecule has 4 fully saturated rings. The van der Waals surface area contributed by atoms with Gasteiger partial charge >= 0.3 is 0 Å². The maximum absolute atomic E-state index is 14.5. The third-order valence-electron chi connectivity index (χ3n) is 9.26. The summed E-state index contributed by atoms with van der Waals surface area (Å²) in [7, 11) is 0. The van der Waals surface area contributed by atoms with E-state index < -0.39 is 11.7 Å². The van der Waals surface area contributed by atoms with Gasteiger partial charge in [-0.15, -0.1) is 0 Å². The van der Waals surface area contributed by atoms with Crippen LogP contribution in [-0.2, 0) is 14.3 Å². The second-order valence-corrected chi connectivity index (χ2v) is 11.9. The van der Waals surface area contributed by atoms with Crippen LogP contribution in [0.2, 0.25) is 5.02 Å². The van der Waals surface area contributed by atoms with Crippen LogP contribution < -0.4 is 5.32 Å². The van der Waals surface area contributed by atoms with Gasteiger partial charge < -0.3 is 14.8 Å². The first-order valence-electron chi connectivity index (χ1n) is 13.3. The molecule has 1 amide bonds. The number of ether oxygens (including phenoxy) is 2. The summed E-state index contributed by atoms with van der Waals surface area (Å²) in [6.07, 6.45) is 5.93. The molecule has 2 saturated carbocycles. The van der Waals surface area contributed by atoms with E-state index in [4.69, 9.17) is 21.1 Å². The highest BCUT2D eigenvalue weighted by atomic mass is 35.5. The fourth-order valence-corrected chi connectivity index (χ4v) is 7.10. The molecule has 3 atom stereocenters. The number of carbonyl (C=O) groups is 1. The van der Waals surface area contributed by atoms with Gasteiger partial charge in [-0.05, 0) is 99.5 Å². The molecule has 8 heteroatoms. The number of amides is 1. The molecule has 0 bridgehead atoms. The lowest BCUT2D eigenvalue weighted by atomic mass is 9.77. The number of hydrogen-bond donors (Lipinski definition) is 1. The number of rotatable bonds is 6. The molecule has 3 heterocycles. The first-order valence-corrected chi connectivity index (χ1v) is 13.7. The predicted octanol–water partition coefficient (Wildman–Crippen LogP) is 5.34. The fourth-order valence-electron chi connectivity index (χ4n) is 6.78. The Morgan fingerprint density at radius 3 is 2.72 bits per heavy atom. The second kappa shape index (κ2) is 9.19. The number of halogens is 2. The topological polar surface area (TPSA) is 63.7 Å². The Bertz CT molecular complexity index is 1160. The molecule has 1 aromatic carbocycles. The molecule has 36 heavy (non-hydrogen) atoms. The van der Waals surface area contributed by atoms with Crippen molar-refractivity contribution in [3.8, 4) is 0 Å². The minimum absolute atomic E-state index is 0.0636. The number of nitrogens with zero attached hydrogens (tertiary/aromatic N) is 2. The van der Waals surface area contributed by atoms with Crippen LogP contribution in [0.3, 0.4) is 0 Å². The molecule has 6 nitrogen and oxygen atoms in total. The Morgan fingerprint density at radius 1 is 1.25 bits per heavy atom. The van der Waals surface area contributed by atoms with Crippen molar-refractivity contribution < 1.29 is 18.7 Å². The van der Waals surface area contributed by atoms with Crippen molar-refractivity contribution >= 4 is 34.1 Å². The van der Waals surface area contributed by atoms with Crippen molar-refractivity contribution in [2.45, 2.75) is 69.7 Å². The number of hydrogen-bond acceptors (Lipinski definition) is 5. The maximum atomic E-state index is 14.5. The van der Waals surface area contributed by atoms with Crippen molar-refractivity contribution in [1.82, 2.24) is 9.88 Å². The highest BCUT2D eigenvalue weighted by Crippen LogP contribution is 2.66. The van der Waals surface area contributed by atoms with Crippen LogP contribution in [0.25, 0.3) is 10.8 Å². The summed E-state index contributed by atoms with van der Waals surface area (Å²) >= 11 is 6.71. The van der Waals surface area contributed by atoms with E-state index in [1.165, 1.54) is 0 Å². The second-order valence-electron chi connectivity index (χ2n) is 11.5. The third-order valence-corrected chi connectivity index (χ3v) is 9.58. The number of alkyl halides is 1. The van der Waals surface area contributed by atoms with Gasteiger partial charge in [0.25, 0.3) is 0 Å². The van der Waals surface area contributed by atoms with E-state index in [-0.39, 0.29) is 23.8 Å². The van der Waals surface area contributed by atoms with E-state index in [9.17, 15) is 9.18 Å². The molecule has 2 aliphatic heterocycles. The van der Waals surface area contributed by atoms with Crippen LogP contribution in [-0.4, -0.2) is 66.5 Å². The summed E-state index contributed by atoms with van der Waals surface area (Å²) in [5.74, 6) is 1.03. The molecule has 1 N–H and O–H groups in total. The first kappa shape index (κ1) is 24.5. The quantitative estimate of drug-likeness (QED) is 0.562. The average Bonchev–Trinajstić information content (AvgIpc) is 3.50. The molecule has 2 saturated heterocycles. The zero-order valence-electron chi connectivity index (χ0n) is 21.1. The highest BCUT2D eigenvalue weighted by Gasteiger charge is 2.64. The molecular weight excluding hydrogens is 481 g/mol. The zero-order chi connectivity index (χ0) is 25.1. The van der Waals surface area contributed by atoms with E-state index in [1.54, 1.807) is 6.20 Å². The van der Waals surface area contributed by atoms with Crippen molar-refractivity contribution in [2.24, 2.45) is 11.3 Å². The molecule has 0 radical (unpaired) electrons. The highest BCUT2D eigenvalue weighted by molar-refractivity contribution is 6.32. The lowest BCUT2D eigenvalue weighted by Crippen LogP contribution is -2.55. The Kier molecular flexibility index (Phi) is 6.26. The van der Waals surface area contributed by atoms with Crippen LogP contribution in [0.15, 0.2) is 24.4 Å². The number of carbonyl (C=O) groups excluding carboxylic acids is 1. The fraction of sp³-hybridized carbons (Fsp3) is 0.643. The number of anilines is 1. The van der Waals surface area contributed by atoms with Crippen LogP contribution >= 0.6 is 11.6 Å². The van der Waals surface area contributed by atoms with Crippen LogP contribution in [0, 0.1) is 11.3 Å². The zero-order valence-corrected chi connectivity index (χ0v) is 21.8. The van der Waals surface area contributed by atoms with Gasteiger partial charge in [0.2, 0.25) is 5.91 Å². The predicted molar refractivity (Wildman–Crippen MR) is 138 cm³/mol. The van der Waals surface area contributed by atoms with Gasteiger partial charge in [-0.1, -0.05) is 11.6 Å². The average molecular weight is 516 g/mol. The van der Waals surface area contributed by atoms with Gasteiger partial charge in [-0.3, -0.25) is 9.69 Å². The summed E-state index contributed by atoms with van der Waals surface area (Å²) in [6, 6.07) is 6.07. The monoisotopic (exact) mass is 515 g/mol. The Morgan fingerprint density at radius 2 is 2.03 bits per heavy atom. The minimum atomic E-state index is -0.944. The van der Waals surface area contributed by atoms with Gasteiger partial charge in [0, 0.05) is 29.1 Å². The molecule has 0 unspecified atom stereocenters. The molecule has 4 aliphatic rings. The molecule has 6 rings (SSSR count). The summed E-state index contributed by atoms with van der Waals surface area (Å²) in [5, 5.41) is 5.77. The van der Waals surface area contributed by atoms with Crippen molar-refractivity contribution in [2.75, 3.05) is 38.2 Å². The van der Waals surface area contributed by atoms with Gasteiger partial charge in [0.1, 0.15) is 12.0 Å². The number of benzene rings is 1. The Balaban J connectivity index is 1.12. The SMILES string of the molecule is CCOC1CC2(C1)C[C@@H]2C(=O)Nc1cc2cc(C3CCN([C@]4(C)COC[C@@H]4F)CC3)c(Cl)cc2cn1. The summed E-state index contributed by atoms with van der Waals surface area (Å²) in [6.45, 7) is 7.01. The molecule has 1 spiro atoms. The number of fused-ring (bicyclic) bond motifs is 1. The largest absolute Gasteiger partial charge is 0.378 e. The number of likely N-dealkylation sites (tertiary alicyclic amines) is 1. The summed E-state index contributed by atoms with van der Waals surface area (Å²) in [4.78, 5) is 19.6. The van der Waals surface area contributed by atoms with E-state index in [1.807, 2.05) is 26.0 Å². The number of piperidine rings is 1. The molecular formula is C28H35ClFN3O3. The van der Waals surface area contributed by atoms with Gasteiger partial charge in [-0.25, -0.2) is 9.37 Å². The van der Waals surface area contributed by atoms with E-state index >= 15 is 0 Å². The molecule has 194 valence electrons. The number of aromatic nitrogens is 1. The van der Waals surface area contributed by atoms with Crippen LogP contribution in [0.1, 0.15) is 57.4 Å². The standard InChI is InChI=1S/C28H35ClFN3O3/c1-3-36-20-11-28(12-20)13-22(28)26(34)32-25-10-18-8-21(23(29)9-19(18)14-31-25)17-4-6-33(7-5-17)27(2)16-35-15-24(27)30/h8-10,14,17,20,22,24H,3-7,11-13,15-16H2,1-2H3,(H,31,32,34)/t20?,22-,24+,27-,28?/m1/s1. The molecule has 2 aromatic rings. The van der Waals surface area contributed by atoms with Crippen molar-refractivity contribution in [3.63, 3.8) is 0 Å². The van der Waals surface area contributed by atoms with Crippen LogP contribution in [0.5, 0.6) is 0 Å². The Labute approximate surface area is 216 Å². The third kappa shape index (κ3) is 4.22. The maximum Gasteiger partial charge on any atom is 0.229 e. The first-order chi connectivity index (χ1) is 17.3. The molecule has 1 aromatic heterocycles. The lowest BCUT2D eigenvalue weighted by Gasteiger charge is -2.43. The van der Waals surface area contributed by atoms with Crippen molar-refractivity contribution in [1.29, 1.82) is 0 Å². The van der Waals surface area contributed by atoms with Gasteiger partial charge in [0.05, 0.1) is 24.9 Å². The molecule has 2 aliphatic carbocycles. The van der Waals surface area contributed by atoms with Crippen molar-refractivity contribution in [3.05, 3.63) is 35.0 Å². The number of nitrogens with one attached hydrogen (secondary N) is 1. The Hall–Kier alpha value is -1.80. The smallest absolute Gasteiger partial charge is 0.229 e. The van der Waals surface area contributed by atoms with Gasteiger partial charge in [0.15, 0.2) is 0 Å². The number of pyridine rings is 1. The van der Waals surface area contributed by atoms with E-state index in [2.05, 4.69) is 21.3 Å². The summed E-state index contributed by atoms with van der Waals surface area (Å²) in [5.41, 5.74) is 0.746. The van der Waals surface area contributed by atoms with E-state index in [0.29, 0.717) is 24.4 Å².